The number of nitrogens with zero attached hydrogens (tertiary/aromatic N) is 2. The van der Waals surface area contributed by atoms with Gasteiger partial charge in [0.05, 0.1) is 19.0 Å². The zero-order valence-corrected chi connectivity index (χ0v) is 10.8. The standard InChI is InChI=1S/C12H16N4O3/c1-7-13-9-10(14-7)16(6-8-4-3-5-19-8)12(18)15(2)11(9)17/h3-5,7,9-10,13-14H,6H2,1-2H3. The normalized spacial score (nSPS) is 30.9. The van der Waals surface area contributed by atoms with Crippen LogP contribution in [0.2, 0.25) is 0 Å². The number of amides is 3. The molecule has 0 radical (unpaired) electrons. The minimum Gasteiger partial charge on any atom is -0.467 e. The molecule has 102 valence electrons. The minimum absolute atomic E-state index is 0.0163. The van der Waals surface area contributed by atoms with Gasteiger partial charge in [-0.15, -0.1) is 0 Å². The number of furan rings is 1. The van der Waals surface area contributed by atoms with Crippen LogP contribution in [-0.2, 0) is 11.3 Å². The van der Waals surface area contributed by atoms with Crippen molar-refractivity contribution in [3.63, 3.8) is 0 Å². The average molecular weight is 264 g/mol. The van der Waals surface area contributed by atoms with E-state index in [-0.39, 0.29) is 24.3 Å². The topological polar surface area (TPSA) is 77.8 Å². The number of imide groups is 1. The average Bonchev–Trinajstić information content (AvgIpc) is 3.01. The van der Waals surface area contributed by atoms with Gasteiger partial charge in [0.15, 0.2) is 0 Å². The van der Waals surface area contributed by atoms with Crippen LogP contribution >= 0.6 is 0 Å². The number of fused-ring (bicyclic) bond motifs is 1. The van der Waals surface area contributed by atoms with Crippen LogP contribution in [0.1, 0.15) is 12.7 Å². The van der Waals surface area contributed by atoms with Gasteiger partial charge in [-0.2, -0.15) is 0 Å². The van der Waals surface area contributed by atoms with E-state index < -0.39 is 6.04 Å². The number of urea groups is 1. The quantitative estimate of drug-likeness (QED) is 0.780. The number of carbonyl (C=O) groups excluding carboxylic acids is 2. The summed E-state index contributed by atoms with van der Waals surface area (Å²) < 4.78 is 5.28. The minimum atomic E-state index is -0.410. The Bertz CT molecular complexity index is 501. The van der Waals surface area contributed by atoms with E-state index in [0.29, 0.717) is 12.3 Å². The highest BCUT2D eigenvalue weighted by molar-refractivity contribution is 6.00. The molecule has 2 aliphatic heterocycles. The number of likely N-dealkylation sites (N-methyl/N-ethyl adjacent to an activating group) is 1. The molecular formula is C12H16N4O3. The second-order valence-corrected chi connectivity index (χ2v) is 4.86. The molecule has 0 spiro atoms. The van der Waals surface area contributed by atoms with E-state index in [1.54, 1.807) is 17.2 Å². The monoisotopic (exact) mass is 264 g/mol. The van der Waals surface area contributed by atoms with Crippen LogP contribution in [0.3, 0.4) is 0 Å². The lowest BCUT2D eigenvalue weighted by Gasteiger charge is -2.39. The Kier molecular flexibility index (Phi) is 2.79. The fraction of sp³-hybridized carbons (Fsp3) is 0.500. The smallest absolute Gasteiger partial charge is 0.328 e. The predicted octanol–water partition coefficient (Wildman–Crippen LogP) is -0.0929. The summed E-state index contributed by atoms with van der Waals surface area (Å²) in [6.45, 7) is 2.26. The van der Waals surface area contributed by atoms with Crippen LogP contribution < -0.4 is 10.6 Å². The van der Waals surface area contributed by atoms with Gasteiger partial charge in [-0.3, -0.25) is 25.2 Å². The third-order valence-corrected chi connectivity index (χ3v) is 3.54. The second kappa shape index (κ2) is 4.36. The Morgan fingerprint density at radius 3 is 2.84 bits per heavy atom. The Hall–Kier alpha value is -1.86. The van der Waals surface area contributed by atoms with Crippen molar-refractivity contribution in [1.29, 1.82) is 0 Å². The first-order valence-corrected chi connectivity index (χ1v) is 6.20. The summed E-state index contributed by atoms with van der Waals surface area (Å²) in [4.78, 5) is 27.1. The van der Waals surface area contributed by atoms with Gasteiger partial charge in [0.2, 0.25) is 0 Å². The van der Waals surface area contributed by atoms with Crippen molar-refractivity contribution in [1.82, 2.24) is 20.4 Å². The molecule has 7 nitrogen and oxygen atoms in total. The maximum Gasteiger partial charge on any atom is 0.328 e. The molecule has 1 aromatic rings. The number of carbonyl (C=O) groups is 2. The lowest BCUT2D eigenvalue weighted by atomic mass is 10.1. The molecule has 19 heavy (non-hydrogen) atoms. The fourth-order valence-electron chi connectivity index (χ4n) is 2.59. The molecule has 3 heterocycles. The van der Waals surface area contributed by atoms with Crippen molar-refractivity contribution >= 4 is 11.9 Å². The van der Waals surface area contributed by atoms with Crippen molar-refractivity contribution in [3.8, 4) is 0 Å². The van der Waals surface area contributed by atoms with Crippen LogP contribution in [0, 0.1) is 0 Å². The number of rotatable bonds is 2. The lowest BCUT2D eigenvalue weighted by Crippen LogP contribution is -2.65. The number of hydrogen-bond acceptors (Lipinski definition) is 5. The Labute approximate surface area is 110 Å². The maximum atomic E-state index is 12.2. The molecule has 2 saturated heterocycles. The summed E-state index contributed by atoms with van der Waals surface area (Å²) in [6.07, 6.45) is 1.22. The Morgan fingerprint density at radius 1 is 1.37 bits per heavy atom. The van der Waals surface area contributed by atoms with E-state index >= 15 is 0 Å². The first kappa shape index (κ1) is 12.2. The second-order valence-electron chi connectivity index (χ2n) is 4.86. The molecule has 2 aliphatic rings. The summed E-state index contributed by atoms with van der Waals surface area (Å²) >= 11 is 0. The van der Waals surface area contributed by atoms with E-state index in [0.717, 1.165) is 4.90 Å². The van der Waals surface area contributed by atoms with Gasteiger partial charge in [0.1, 0.15) is 18.0 Å². The van der Waals surface area contributed by atoms with Crippen LogP contribution in [0.5, 0.6) is 0 Å². The highest BCUT2D eigenvalue weighted by Crippen LogP contribution is 2.22. The molecule has 7 heteroatoms. The predicted molar refractivity (Wildman–Crippen MR) is 65.7 cm³/mol. The zero-order valence-electron chi connectivity index (χ0n) is 10.8. The van der Waals surface area contributed by atoms with Crippen molar-refractivity contribution < 1.29 is 14.0 Å². The lowest BCUT2D eigenvalue weighted by molar-refractivity contribution is -0.133. The zero-order chi connectivity index (χ0) is 13.6. The van der Waals surface area contributed by atoms with Gasteiger partial charge in [0.25, 0.3) is 5.91 Å². The summed E-state index contributed by atoms with van der Waals surface area (Å²) in [7, 11) is 1.50. The first-order chi connectivity index (χ1) is 9.08. The molecule has 0 saturated carbocycles. The number of hydrogen-bond donors (Lipinski definition) is 2. The Balaban J connectivity index is 1.88. The van der Waals surface area contributed by atoms with E-state index in [1.807, 2.05) is 13.0 Å². The molecule has 3 unspecified atom stereocenters. The van der Waals surface area contributed by atoms with Crippen molar-refractivity contribution in [3.05, 3.63) is 24.2 Å². The van der Waals surface area contributed by atoms with E-state index in [4.69, 9.17) is 4.42 Å². The summed E-state index contributed by atoms with van der Waals surface area (Å²) in [5, 5.41) is 6.34. The summed E-state index contributed by atoms with van der Waals surface area (Å²) in [5.74, 6) is 0.485. The Morgan fingerprint density at radius 2 is 2.16 bits per heavy atom. The molecule has 2 fully saturated rings. The first-order valence-electron chi connectivity index (χ1n) is 6.20. The SMILES string of the molecule is CC1NC2C(=O)N(C)C(=O)N(Cc3ccco3)C2N1. The highest BCUT2D eigenvalue weighted by Gasteiger charge is 2.49. The number of nitrogens with one attached hydrogen (secondary N) is 2. The van der Waals surface area contributed by atoms with Crippen LogP contribution in [-0.4, -0.2) is 47.2 Å². The highest BCUT2D eigenvalue weighted by atomic mass is 16.3. The molecule has 3 rings (SSSR count). The van der Waals surface area contributed by atoms with E-state index in [2.05, 4.69) is 10.6 Å². The van der Waals surface area contributed by atoms with Crippen molar-refractivity contribution in [2.45, 2.75) is 31.8 Å². The molecule has 3 amide bonds. The van der Waals surface area contributed by atoms with E-state index in [1.165, 1.54) is 7.05 Å². The van der Waals surface area contributed by atoms with Crippen molar-refractivity contribution in [2.24, 2.45) is 0 Å². The molecule has 1 aromatic heterocycles. The molecule has 3 atom stereocenters. The molecular weight excluding hydrogens is 248 g/mol. The third kappa shape index (κ3) is 1.91. The van der Waals surface area contributed by atoms with Gasteiger partial charge in [-0.25, -0.2) is 4.79 Å². The van der Waals surface area contributed by atoms with Crippen LogP contribution in [0.15, 0.2) is 22.8 Å². The summed E-state index contributed by atoms with van der Waals surface area (Å²) in [5.41, 5.74) is 0. The van der Waals surface area contributed by atoms with Gasteiger partial charge in [0, 0.05) is 7.05 Å². The fourth-order valence-corrected chi connectivity index (χ4v) is 2.59. The molecule has 0 aliphatic carbocycles. The molecule has 2 N–H and O–H groups in total. The van der Waals surface area contributed by atoms with Crippen LogP contribution in [0.4, 0.5) is 4.79 Å². The van der Waals surface area contributed by atoms with Crippen molar-refractivity contribution in [2.75, 3.05) is 7.05 Å². The van der Waals surface area contributed by atoms with Gasteiger partial charge >= 0.3 is 6.03 Å². The van der Waals surface area contributed by atoms with Gasteiger partial charge in [-0.05, 0) is 19.1 Å². The molecule has 0 bridgehead atoms. The maximum absolute atomic E-state index is 12.2. The van der Waals surface area contributed by atoms with Crippen LogP contribution in [0.25, 0.3) is 0 Å². The third-order valence-electron chi connectivity index (χ3n) is 3.54. The summed E-state index contributed by atoms with van der Waals surface area (Å²) in [6, 6.07) is 2.86. The van der Waals surface area contributed by atoms with E-state index in [9.17, 15) is 9.59 Å². The van der Waals surface area contributed by atoms with Gasteiger partial charge in [-0.1, -0.05) is 0 Å². The largest absolute Gasteiger partial charge is 0.467 e. The molecule has 0 aromatic carbocycles. The van der Waals surface area contributed by atoms with Gasteiger partial charge < -0.3 is 4.42 Å².